The minimum absolute atomic E-state index is 0.218. The van der Waals surface area contributed by atoms with Crippen LogP contribution >= 0.6 is 12.2 Å². The monoisotopic (exact) mass is 424 g/mol. The number of carbonyl (C=O) groups is 1. The number of unbranched alkanes of at least 4 members (excludes halogenated alkanes) is 1. The van der Waals surface area contributed by atoms with Gasteiger partial charge in [-0.05, 0) is 42.9 Å². The van der Waals surface area contributed by atoms with E-state index in [4.69, 9.17) is 17.0 Å². The first-order chi connectivity index (χ1) is 14.5. The number of aromatic amines is 1. The third-order valence-electron chi connectivity index (χ3n) is 4.58. The van der Waals surface area contributed by atoms with Crippen LogP contribution in [-0.2, 0) is 13.1 Å². The first-order valence-corrected chi connectivity index (χ1v) is 10.2. The van der Waals surface area contributed by atoms with Gasteiger partial charge in [0.25, 0.3) is 11.5 Å². The molecule has 1 aromatic carbocycles. The summed E-state index contributed by atoms with van der Waals surface area (Å²) in [6.45, 7) is 6.92. The zero-order valence-electron chi connectivity index (χ0n) is 16.8. The fraction of sp³-hybridized carbons (Fsp3) is 0.273. The summed E-state index contributed by atoms with van der Waals surface area (Å²) in [5.74, 6) is 0.256. The van der Waals surface area contributed by atoms with Gasteiger partial charge in [0.15, 0.2) is 4.77 Å². The number of H-pyrrole nitrogens is 1. The zero-order chi connectivity index (χ0) is 21.5. The molecule has 8 heteroatoms. The maximum atomic E-state index is 12.7. The normalized spacial score (nSPS) is 10.7. The van der Waals surface area contributed by atoms with Gasteiger partial charge in [0.05, 0.1) is 17.5 Å². The molecule has 0 spiro atoms. The fourth-order valence-electron chi connectivity index (χ4n) is 2.97. The van der Waals surface area contributed by atoms with E-state index in [2.05, 4.69) is 28.8 Å². The molecule has 156 valence electrons. The highest BCUT2D eigenvalue weighted by Crippen LogP contribution is 2.15. The van der Waals surface area contributed by atoms with Gasteiger partial charge in [-0.15, -0.1) is 6.58 Å². The average molecular weight is 425 g/mol. The van der Waals surface area contributed by atoms with Crippen LogP contribution in [0.25, 0.3) is 10.9 Å². The Balaban J connectivity index is 1.78. The molecular formula is C22H24N4O3S. The van der Waals surface area contributed by atoms with Crippen LogP contribution in [0.15, 0.2) is 54.0 Å². The van der Waals surface area contributed by atoms with Gasteiger partial charge in [-0.25, -0.2) is 4.98 Å². The second kappa shape index (κ2) is 9.98. The lowest BCUT2D eigenvalue weighted by atomic mass is 10.1. The average Bonchev–Trinajstić information content (AvgIpc) is 2.75. The van der Waals surface area contributed by atoms with E-state index in [0.29, 0.717) is 35.5 Å². The number of amides is 1. The third-order valence-corrected chi connectivity index (χ3v) is 4.90. The van der Waals surface area contributed by atoms with Crippen molar-refractivity contribution in [2.24, 2.45) is 0 Å². The van der Waals surface area contributed by atoms with Crippen molar-refractivity contribution in [1.29, 1.82) is 0 Å². The smallest absolute Gasteiger partial charge is 0.262 e. The van der Waals surface area contributed by atoms with Crippen LogP contribution < -0.4 is 15.6 Å². The first-order valence-electron chi connectivity index (χ1n) is 9.77. The molecule has 0 aliphatic rings. The molecular weight excluding hydrogens is 400 g/mol. The zero-order valence-corrected chi connectivity index (χ0v) is 17.6. The Morgan fingerprint density at radius 2 is 2.23 bits per heavy atom. The van der Waals surface area contributed by atoms with Crippen LogP contribution in [0.2, 0.25) is 0 Å². The van der Waals surface area contributed by atoms with Gasteiger partial charge < -0.3 is 15.0 Å². The van der Waals surface area contributed by atoms with Crippen molar-refractivity contribution < 1.29 is 9.53 Å². The van der Waals surface area contributed by atoms with Gasteiger partial charge >= 0.3 is 0 Å². The van der Waals surface area contributed by atoms with Crippen LogP contribution in [-0.4, -0.2) is 27.0 Å². The number of nitrogens with zero attached hydrogens (tertiary/aromatic N) is 2. The lowest BCUT2D eigenvalue weighted by molar-refractivity contribution is 0.0950. The van der Waals surface area contributed by atoms with E-state index in [0.717, 1.165) is 18.4 Å². The second-order valence-corrected chi connectivity index (χ2v) is 7.13. The molecule has 1 amide bonds. The van der Waals surface area contributed by atoms with Crippen LogP contribution in [0.3, 0.4) is 0 Å². The Hall–Kier alpha value is -3.26. The summed E-state index contributed by atoms with van der Waals surface area (Å²) < 4.78 is 7.42. The van der Waals surface area contributed by atoms with Crippen LogP contribution in [0.1, 0.15) is 35.7 Å². The topological polar surface area (TPSA) is 89.0 Å². The minimum Gasteiger partial charge on any atom is -0.477 e. The summed E-state index contributed by atoms with van der Waals surface area (Å²) in [4.78, 5) is 32.5. The van der Waals surface area contributed by atoms with Crippen molar-refractivity contribution in [3.63, 3.8) is 0 Å². The number of allylic oxidation sites excluding steroid dienone is 1. The molecule has 0 aliphatic carbocycles. The Labute approximate surface area is 179 Å². The van der Waals surface area contributed by atoms with Crippen molar-refractivity contribution in [2.45, 2.75) is 32.9 Å². The van der Waals surface area contributed by atoms with Gasteiger partial charge in [-0.1, -0.05) is 25.5 Å². The quantitative estimate of drug-likeness (QED) is 0.310. The summed E-state index contributed by atoms with van der Waals surface area (Å²) in [5, 5.41) is 3.34. The largest absolute Gasteiger partial charge is 0.477 e. The standard InChI is InChI=1S/C22H24N4O3S/c1-3-5-12-29-20-16(7-6-10-23-20)14-24-19(27)15-8-9-17-18(13-15)25-22(30)26(11-4-2)21(17)28/h4,6-10,13H,2-3,5,11-12,14H2,1H3,(H,24,27)(H,25,30). The van der Waals surface area contributed by atoms with Crippen LogP contribution in [0.5, 0.6) is 5.88 Å². The molecule has 7 nitrogen and oxygen atoms in total. The number of aromatic nitrogens is 3. The summed E-state index contributed by atoms with van der Waals surface area (Å²) in [6, 6.07) is 8.55. The molecule has 0 saturated heterocycles. The van der Waals surface area contributed by atoms with E-state index >= 15 is 0 Å². The molecule has 0 fully saturated rings. The third kappa shape index (κ3) is 4.83. The van der Waals surface area contributed by atoms with Crippen LogP contribution in [0.4, 0.5) is 0 Å². The summed E-state index contributed by atoms with van der Waals surface area (Å²) in [6.07, 6.45) is 5.24. The summed E-state index contributed by atoms with van der Waals surface area (Å²) in [5.41, 5.74) is 1.52. The second-order valence-electron chi connectivity index (χ2n) is 6.75. The van der Waals surface area contributed by atoms with E-state index in [1.807, 2.05) is 6.07 Å². The molecule has 3 rings (SSSR count). The number of hydrogen-bond acceptors (Lipinski definition) is 5. The molecule has 0 saturated carbocycles. The van der Waals surface area contributed by atoms with Crippen molar-refractivity contribution in [1.82, 2.24) is 19.9 Å². The minimum atomic E-state index is -0.269. The Morgan fingerprint density at radius 3 is 3.00 bits per heavy atom. The van der Waals surface area contributed by atoms with Crippen molar-refractivity contribution in [2.75, 3.05) is 6.61 Å². The number of hydrogen-bond donors (Lipinski definition) is 2. The van der Waals surface area contributed by atoms with E-state index in [1.54, 1.807) is 36.5 Å². The maximum absolute atomic E-state index is 12.7. The molecule has 0 unspecified atom stereocenters. The van der Waals surface area contributed by atoms with Gasteiger partial charge in [0.2, 0.25) is 5.88 Å². The van der Waals surface area contributed by atoms with Crippen molar-refractivity contribution in [3.8, 4) is 5.88 Å². The van der Waals surface area contributed by atoms with E-state index in [1.165, 1.54) is 4.57 Å². The predicted molar refractivity (Wildman–Crippen MR) is 119 cm³/mol. The molecule has 0 radical (unpaired) electrons. The van der Waals surface area contributed by atoms with Crippen molar-refractivity contribution >= 4 is 29.0 Å². The summed E-state index contributed by atoms with van der Waals surface area (Å²) >= 11 is 5.25. The van der Waals surface area contributed by atoms with E-state index in [-0.39, 0.29) is 22.8 Å². The molecule has 2 aromatic heterocycles. The Kier molecular flexibility index (Phi) is 7.13. The molecule has 2 heterocycles. The number of rotatable bonds is 9. The molecule has 3 aromatic rings. The SMILES string of the molecule is C=CCn1c(=S)[nH]c2cc(C(=O)NCc3cccnc3OCCCC)ccc2c1=O. The van der Waals surface area contributed by atoms with Gasteiger partial charge in [0, 0.05) is 30.4 Å². The Bertz CT molecular complexity index is 1180. The highest BCUT2D eigenvalue weighted by atomic mass is 32.1. The number of fused-ring (bicyclic) bond motifs is 1. The molecule has 0 atom stereocenters. The highest BCUT2D eigenvalue weighted by molar-refractivity contribution is 7.71. The number of nitrogens with one attached hydrogen (secondary N) is 2. The predicted octanol–water partition coefficient (Wildman–Crippen LogP) is 3.75. The lowest BCUT2D eigenvalue weighted by Gasteiger charge is -2.11. The number of ether oxygens (including phenoxy) is 1. The van der Waals surface area contributed by atoms with Crippen molar-refractivity contribution in [3.05, 3.63) is 75.4 Å². The van der Waals surface area contributed by atoms with E-state index < -0.39 is 0 Å². The van der Waals surface area contributed by atoms with Gasteiger partial charge in [-0.2, -0.15) is 0 Å². The fourth-order valence-corrected chi connectivity index (χ4v) is 3.24. The number of pyridine rings is 1. The number of benzene rings is 1. The van der Waals surface area contributed by atoms with E-state index in [9.17, 15) is 9.59 Å². The molecule has 2 N–H and O–H groups in total. The molecule has 0 aliphatic heterocycles. The first kappa shape index (κ1) is 21.4. The number of carbonyl (C=O) groups excluding carboxylic acids is 1. The highest BCUT2D eigenvalue weighted by Gasteiger charge is 2.12. The summed E-state index contributed by atoms with van der Waals surface area (Å²) in [7, 11) is 0. The molecule has 0 bridgehead atoms. The molecule has 30 heavy (non-hydrogen) atoms. The Morgan fingerprint density at radius 1 is 1.40 bits per heavy atom. The maximum Gasteiger partial charge on any atom is 0.262 e. The van der Waals surface area contributed by atoms with Crippen LogP contribution in [0, 0.1) is 4.77 Å². The van der Waals surface area contributed by atoms with Gasteiger partial charge in [-0.3, -0.25) is 14.2 Å². The lowest BCUT2D eigenvalue weighted by Crippen LogP contribution is -2.24. The van der Waals surface area contributed by atoms with Gasteiger partial charge in [0.1, 0.15) is 0 Å².